The lowest BCUT2D eigenvalue weighted by molar-refractivity contribution is -0.117. The first-order valence-corrected chi connectivity index (χ1v) is 14.1. The second-order valence-corrected chi connectivity index (χ2v) is 11.0. The summed E-state index contributed by atoms with van der Waals surface area (Å²) in [7, 11) is 0.876. The van der Waals surface area contributed by atoms with Crippen molar-refractivity contribution in [2.45, 2.75) is 12.8 Å². The molecule has 2 aliphatic rings. The fraction of sp³-hybridized carbons (Fsp3) is 0.308. The first kappa shape index (κ1) is 25.9. The molecule has 3 heterocycles. The SMILES string of the molecule is COc1ccc(NC(=O)C2CC2)cc1.O=S1CCN(c2ncnc(Nc3n[nH]c4ccccc34)c2Cl)CC1. The van der Waals surface area contributed by atoms with E-state index in [4.69, 9.17) is 16.3 Å². The highest BCUT2D eigenvalue weighted by Crippen LogP contribution is 2.33. The molecule has 0 atom stereocenters. The summed E-state index contributed by atoms with van der Waals surface area (Å²) in [6.07, 6.45) is 3.54. The van der Waals surface area contributed by atoms with Crippen LogP contribution in [0.3, 0.4) is 0 Å². The third-order valence-corrected chi connectivity index (χ3v) is 7.89. The molecule has 1 saturated carbocycles. The molecule has 2 fully saturated rings. The van der Waals surface area contributed by atoms with Crippen molar-refractivity contribution in [1.82, 2.24) is 20.2 Å². The number of carbonyl (C=O) groups is 1. The average Bonchev–Trinajstić information content (AvgIpc) is 3.73. The van der Waals surface area contributed by atoms with Crippen LogP contribution in [0.15, 0.2) is 54.9 Å². The summed E-state index contributed by atoms with van der Waals surface area (Å²) in [6, 6.07) is 15.2. The van der Waals surface area contributed by atoms with Gasteiger partial charge < -0.3 is 20.3 Å². The molecule has 0 radical (unpaired) electrons. The number of carbonyl (C=O) groups excluding carboxylic acids is 1. The number of amides is 1. The van der Waals surface area contributed by atoms with Crippen LogP contribution in [0.4, 0.5) is 23.1 Å². The van der Waals surface area contributed by atoms with Gasteiger partial charge in [-0.2, -0.15) is 5.10 Å². The number of aromatic nitrogens is 4. The summed E-state index contributed by atoms with van der Waals surface area (Å²) in [6.45, 7) is 1.35. The Balaban J connectivity index is 0.000000179. The lowest BCUT2D eigenvalue weighted by atomic mass is 10.2. The Labute approximate surface area is 227 Å². The monoisotopic (exact) mass is 553 g/mol. The molecule has 1 aliphatic heterocycles. The Morgan fingerprint density at radius 1 is 1.08 bits per heavy atom. The number of H-pyrrole nitrogens is 1. The number of benzene rings is 2. The van der Waals surface area contributed by atoms with Crippen LogP contribution < -0.4 is 20.3 Å². The predicted molar refractivity (Wildman–Crippen MR) is 151 cm³/mol. The van der Waals surface area contributed by atoms with Gasteiger partial charge in [0, 0.05) is 52.4 Å². The predicted octanol–water partition coefficient (Wildman–Crippen LogP) is 4.36. The first-order valence-electron chi connectivity index (χ1n) is 12.3. The molecule has 38 heavy (non-hydrogen) atoms. The average molecular weight is 554 g/mol. The van der Waals surface area contributed by atoms with Gasteiger partial charge in [-0.05, 0) is 49.2 Å². The maximum absolute atomic E-state index is 11.5. The van der Waals surface area contributed by atoms with E-state index >= 15 is 0 Å². The maximum atomic E-state index is 11.5. The van der Waals surface area contributed by atoms with E-state index in [2.05, 4.69) is 30.8 Å². The van der Waals surface area contributed by atoms with Crippen molar-refractivity contribution in [2.24, 2.45) is 5.92 Å². The topological polar surface area (TPSA) is 125 Å². The Morgan fingerprint density at radius 3 is 2.53 bits per heavy atom. The van der Waals surface area contributed by atoms with Crippen LogP contribution in [0.2, 0.25) is 5.02 Å². The molecule has 1 saturated heterocycles. The summed E-state index contributed by atoms with van der Waals surface area (Å²) in [5.41, 5.74) is 1.77. The molecule has 10 nitrogen and oxygen atoms in total. The largest absolute Gasteiger partial charge is 0.497 e. The van der Waals surface area contributed by atoms with Crippen LogP contribution in [0, 0.1) is 5.92 Å². The number of halogens is 1. The Hall–Kier alpha value is -3.70. The Bertz CT molecular complexity index is 1430. The number of methoxy groups -OCH3 is 1. The molecule has 198 valence electrons. The van der Waals surface area contributed by atoms with Crippen LogP contribution in [0.5, 0.6) is 5.75 Å². The highest BCUT2D eigenvalue weighted by atomic mass is 35.5. The van der Waals surface area contributed by atoms with E-state index in [-0.39, 0.29) is 11.8 Å². The van der Waals surface area contributed by atoms with Crippen molar-refractivity contribution in [3.8, 4) is 5.75 Å². The second-order valence-electron chi connectivity index (χ2n) is 8.93. The van der Waals surface area contributed by atoms with E-state index in [1.807, 2.05) is 53.4 Å². The van der Waals surface area contributed by atoms with Crippen molar-refractivity contribution >= 4 is 62.4 Å². The standard InChI is InChI=1S/C15H15ClN6OS.C11H13NO2/c16-12-14(19-13-10-3-1-2-4-11(10)20-21-13)17-9-18-15(12)22-5-7-24(23)8-6-22;1-14-10-6-4-9(5-7-10)12-11(13)8-2-3-8/h1-4,9H,5-8H2,(H2,17,18,19,20,21);4-8H,2-3H2,1H3,(H,12,13). The van der Waals surface area contributed by atoms with Crippen LogP contribution in [0.1, 0.15) is 12.8 Å². The lowest BCUT2D eigenvalue weighted by Gasteiger charge is -2.28. The summed E-state index contributed by atoms with van der Waals surface area (Å²) in [5.74, 6) is 4.27. The number of hydrogen-bond acceptors (Lipinski definition) is 8. The van der Waals surface area contributed by atoms with E-state index < -0.39 is 10.8 Å². The summed E-state index contributed by atoms with van der Waals surface area (Å²) in [4.78, 5) is 22.0. The number of fused-ring (bicyclic) bond motifs is 1. The van der Waals surface area contributed by atoms with E-state index in [9.17, 15) is 9.00 Å². The van der Waals surface area contributed by atoms with Crippen molar-refractivity contribution in [2.75, 3.05) is 47.2 Å². The zero-order valence-electron chi connectivity index (χ0n) is 20.8. The molecule has 6 rings (SSSR count). The Morgan fingerprint density at radius 2 is 1.82 bits per heavy atom. The number of aromatic amines is 1. The van der Waals surface area contributed by atoms with Gasteiger partial charge in [0.1, 0.15) is 17.1 Å². The number of nitrogens with zero attached hydrogens (tertiary/aromatic N) is 4. The van der Waals surface area contributed by atoms with Crippen molar-refractivity contribution in [3.63, 3.8) is 0 Å². The van der Waals surface area contributed by atoms with Gasteiger partial charge in [-0.15, -0.1) is 0 Å². The molecule has 0 unspecified atom stereocenters. The number of rotatable bonds is 6. The quantitative estimate of drug-likeness (QED) is 0.321. The molecule has 3 N–H and O–H groups in total. The summed E-state index contributed by atoms with van der Waals surface area (Å²) in [5, 5.41) is 14.7. The van der Waals surface area contributed by atoms with Crippen molar-refractivity contribution in [1.29, 1.82) is 0 Å². The number of nitrogens with one attached hydrogen (secondary N) is 3. The third kappa shape index (κ3) is 6.22. The molecule has 2 aromatic heterocycles. The minimum absolute atomic E-state index is 0.134. The van der Waals surface area contributed by atoms with Gasteiger partial charge >= 0.3 is 0 Å². The molecule has 0 spiro atoms. The normalized spacial score (nSPS) is 15.5. The van der Waals surface area contributed by atoms with Crippen LogP contribution >= 0.6 is 11.6 Å². The number of para-hydroxylation sites is 1. The Kier molecular flexibility index (Phi) is 8.04. The minimum Gasteiger partial charge on any atom is -0.497 e. The van der Waals surface area contributed by atoms with E-state index in [1.165, 1.54) is 6.33 Å². The van der Waals surface area contributed by atoms with Gasteiger partial charge in [-0.25, -0.2) is 9.97 Å². The number of hydrogen-bond donors (Lipinski definition) is 3. The van der Waals surface area contributed by atoms with E-state index in [0.717, 1.165) is 35.2 Å². The van der Waals surface area contributed by atoms with Gasteiger partial charge in [0.25, 0.3) is 0 Å². The first-order chi connectivity index (χ1) is 18.5. The molecule has 1 aliphatic carbocycles. The zero-order chi connectivity index (χ0) is 26.5. The van der Waals surface area contributed by atoms with Crippen LogP contribution in [0.25, 0.3) is 10.9 Å². The fourth-order valence-corrected chi connectivity index (χ4v) is 5.27. The van der Waals surface area contributed by atoms with Gasteiger partial charge in [0.05, 0.1) is 12.6 Å². The van der Waals surface area contributed by atoms with Gasteiger partial charge in [-0.3, -0.25) is 14.1 Å². The molecule has 0 bridgehead atoms. The van der Waals surface area contributed by atoms with Gasteiger partial charge in [0.15, 0.2) is 17.5 Å². The highest BCUT2D eigenvalue weighted by molar-refractivity contribution is 7.85. The molecule has 2 aromatic carbocycles. The molecule has 12 heteroatoms. The molecular weight excluding hydrogens is 526 g/mol. The second kappa shape index (κ2) is 11.8. The molecule has 1 amide bonds. The molecule has 4 aromatic rings. The zero-order valence-corrected chi connectivity index (χ0v) is 22.4. The van der Waals surface area contributed by atoms with E-state index in [1.54, 1.807) is 7.11 Å². The number of anilines is 4. The van der Waals surface area contributed by atoms with Gasteiger partial charge in [-0.1, -0.05) is 23.7 Å². The van der Waals surface area contributed by atoms with Crippen LogP contribution in [-0.4, -0.2) is 62.0 Å². The number of ether oxygens (including phenoxy) is 1. The maximum Gasteiger partial charge on any atom is 0.227 e. The minimum atomic E-state index is -0.746. The van der Waals surface area contributed by atoms with Crippen molar-refractivity contribution in [3.05, 3.63) is 59.9 Å². The summed E-state index contributed by atoms with van der Waals surface area (Å²) >= 11 is 6.50. The third-order valence-electron chi connectivity index (χ3n) is 6.26. The van der Waals surface area contributed by atoms with Gasteiger partial charge in [0.2, 0.25) is 5.91 Å². The molecular formula is C26H28ClN7O3S. The van der Waals surface area contributed by atoms with Crippen LogP contribution in [-0.2, 0) is 15.6 Å². The fourth-order valence-electron chi connectivity index (χ4n) is 3.95. The highest BCUT2D eigenvalue weighted by Gasteiger charge is 2.29. The summed E-state index contributed by atoms with van der Waals surface area (Å²) < 4.78 is 16.5. The smallest absolute Gasteiger partial charge is 0.227 e. The lowest BCUT2D eigenvalue weighted by Crippen LogP contribution is -2.38. The van der Waals surface area contributed by atoms with E-state index in [0.29, 0.717) is 47.1 Å². The van der Waals surface area contributed by atoms with Crippen molar-refractivity contribution < 1.29 is 13.7 Å².